The standard InChI is InChI=1S/C20H19FN4OS/c21-17-3-1-15(2-4-17)18-14-27-19(23-18)13-24-9-11-25(12-10-24)20(26)16-5-7-22-8-6-16/h1-8,14H,9-13H2. The Kier molecular flexibility index (Phi) is 5.22. The maximum absolute atomic E-state index is 13.1. The third-order valence-electron chi connectivity index (χ3n) is 4.64. The Bertz CT molecular complexity index is 905. The third kappa shape index (κ3) is 4.20. The summed E-state index contributed by atoms with van der Waals surface area (Å²) in [7, 11) is 0. The molecule has 3 heterocycles. The van der Waals surface area contributed by atoms with E-state index >= 15 is 0 Å². The van der Waals surface area contributed by atoms with Gasteiger partial charge in [0.15, 0.2) is 0 Å². The number of pyridine rings is 1. The van der Waals surface area contributed by atoms with Crippen LogP contribution in [0.4, 0.5) is 4.39 Å². The molecule has 0 aliphatic carbocycles. The Morgan fingerprint density at radius 2 is 1.74 bits per heavy atom. The Hall–Kier alpha value is -2.64. The molecule has 0 radical (unpaired) electrons. The molecular formula is C20H19FN4OS. The van der Waals surface area contributed by atoms with Gasteiger partial charge in [-0.3, -0.25) is 14.7 Å². The number of hydrogen-bond donors (Lipinski definition) is 0. The smallest absolute Gasteiger partial charge is 0.254 e. The quantitative estimate of drug-likeness (QED) is 0.695. The van der Waals surface area contributed by atoms with Crippen LogP contribution in [-0.4, -0.2) is 51.9 Å². The molecule has 0 saturated carbocycles. The fraction of sp³-hybridized carbons (Fsp3) is 0.250. The number of rotatable bonds is 4. The van der Waals surface area contributed by atoms with Gasteiger partial charge >= 0.3 is 0 Å². The molecule has 0 spiro atoms. The summed E-state index contributed by atoms with van der Waals surface area (Å²) < 4.78 is 13.1. The summed E-state index contributed by atoms with van der Waals surface area (Å²) in [5.74, 6) is -0.182. The molecular weight excluding hydrogens is 363 g/mol. The summed E-state index contributed by atoms with van der Waals surface area (Å²) in [6.07, 6.45) is 3.29. The van der Waals surface area contributed by atoms with Crippen molar-refractivity contribution in [3.8, 4) is 11.3 Å². The molecule has 27 heavy (non-hydrogen) atoms. The van der Waals surface area contributed by atoms with Crippen molar-refractivity contribution in [1.82, 2.24) is 19.8 Å². The first kappa shape index (κ1) is 17.8. The number of halogens is 1. The lowest BCUT2D eigenvalue weighted by molar-refractivity contribution is 0.0628. The zero-order valence-electron chi connectivity index (χ0n) is 14.7. The van der Waals surface area contributed by atoms with Crippen molar-refractivity contribution in [2.75, 3.05) is 26.2 Å². The third-order valence-corrected chi connectivity index (χ3v) is 5.47. The van der Waals surface area contributed by atoms with E-state index < -0.39 is 0 Å². The Balaban J connectivity index is 1.33. The minimum atomic E-state index is -0.242. The van der Waals surface area contributed by atoms with E-state index in [1.165, 1.54) is 12.1 Å². The molecule has 1 saturated heterocycles. The first-order chi connectivity index (χ1) is 13.2. The molecule has 1 aliphatic heterocycles. The van der Waals surface area contributed by atoms with Crippen molar-refractivity contribution in [2.45, 2.75) is 6.54 Å². The second-order valence-electron chi connectivity index (χ2n) is 6.44. The van der Waals surface area contributed by atoms with E-state index in [1.807, 2.05) is 10.3 Å². The number of hydrogen-bond acceptors (Lipinski definition) is 5. The number of aromatic nitrogens is 2. The molecule has 1 aromatic carbocycles. The van der Waals surface area contributed by atoms with Gasteiger partial charge in [0.2, 0.25) is 0 Å². The zero-order valence-corrected chi connectivity index (χ0v) is 15.5. The summed E-state index contributed by atoms with van der Waals surface area (Å²) in [5.41, 5.74) is 2.48. The number of carbonyl (C=O) groups excluding carboxylic acids is 1. The largest absolute Gasteiger partial charge is 0.336 e. The summed E-state index contributed by atoms with van der Waals surface area (Å²) >= 11 is 1.61. The van der Waals surface area contributed by atoms with Crippen LogP contribution in [0.2, 0.25) is 0 Å². The number of thiazole rings is 1. The Labute approximate surface area is 161 Å². The molecule has 0 bridgehead atoms. The van der Waals surface area contributed by atoms with Crippen LogP contribution >= 0.6 is 11.3 Å². The molecule has 4 rings (SSSR count). The minimum Gasteiger partial charge on any atom is -0.336 e. The summed E-state index contributed by atoms with van der Waals surface area (Å²) in [4.78, 5) is 25.3. The van der Waals surface area contributed by atoms with E-state index in [0.717, 1.165) is 35.9 Å². The highest BCUT2D eigenvalue weighted by atomic mass is 32.1. The molecule has 3 aromatic rings. The van der Waals surface area contributed by atoms with Crippen LogP contribution in [0.15, 0.2) is 54.2 Å². The molecule has 138 valence electrons. The van der Waals surface area contributed by atoms with Gasteiger partial charge in [0, 0.05) is 55.1 Å². The topological polar surface area (TPSA) is 49.3 Å². The maximum atomic E-state index is 13.1. The van der Waals surface area contributed by atoms with Crippen LogP contribution in [0, 0.1) is 5.82 Å². The Morgan fingerprint density at radius 3 is 2.44 bits per heavy atom. The zero-order chi connectivity index (χ0) is 18.6. The molecule has 0 atom stereocenters. The average molecular weight is 382 g/mol. The first-order valence-corrected chi connectivity index (χ1v) is 9.69. The highest BCUT2D eigenvalue weighted by Gasteiger charge is 2.22. The fourth-order valence-corrected chi connectivity index (χ4v) is 3.96. The van der Waals surface area contributed by atoms with Crippen molar-refractivity contribution < 1.29 is 9.18 Å². The second kappa shape index (κ2) is 7.94. The van der Waals surface area contributed by atoms with Crippen molar-refractivity contribution in [1.29, 1.82) is 0 Å². The van der Waals surface area contributed by atoms with Crippen LogP contribution in [0.25, 0.3) is 11.3 Å². The van der Waals surface area contributed by atoms with E-state index in [4.69, 9.17) is 0 Å². The summed E-state index contributed by atoms with van der Waals surface area (Å²) in [5, 5.41) is 3.04. The van der Waals surface area contributed by atoms with E-state index in [1.54, 1.807) is 48.0 Å². The number of carbonyl (C=O) groups is 1. The molecule has 2 aromatic heterocycles. The van der Waals surface area contributed by atoms with Crippen molar-refractivity contribution in [2.24, 2.45) is 0 Å². The molecule has 0 unspecified atom stereocenters. The number of piperazine rings is 1. The predicted octanol–water partition coefficient (Wildman–Crippen LogP) is 3.30. The highest BCUT2D eigenvalue weighted by Crippen LogP contribution is 2.23. The van der Waals surface area contributed by atoms with Crippen LogP contribution in [-0.2, 0) is 6.54 Å². The lowest BCUT2D eigenvalue weighted by Gasteiger charge is -2.34. The Morgan fingerprint density at radius 1 is 1.04 bits per heavy atom. The van der Waals surface area contributed by atoms with Gasteiger partial charge in [-0.25, -0.2) is 9.37 Å². The summed E-state index contributed by atoms with van der Waals surface area (Å²) in [6.45, 7) is 3.82. The van der Waals surface area contributed by atoms with Crippen molar-refractivity contribution in [3.05, 3.63) is 70.6 Å². The molecule has 0 N–H and O–H groups in total. The van der Waals surface area contributed by atoms with E-state index in [9.17, 15) is 9.18 Å². The van der Waals surface area contributed by atoms with Crippen molar-refractivity contribution in [3.63, 3.8) is 0 Å². The first-order valence-electron chi connectivity index (χ1n) is 8.81. The summed E-state index contributed by atoms with van der Waals surface area (Å²) in [6, 6.07) is 9.90. The minimum absolute atomic E-state index is 0.0601. The fourth-order valence-electron chi connectivity index (χ4n) is 3.11. The molecule has 5 nitrogen and oxygen atoms in total. The van der Waals surface area contributed by atoms with Crippen LogP contribution < -0.4 is 0 Å². The van der Waals surface area contributed by atoms with Gasteiger partial charge in [-0.1, -0.05) is 0 Å². The molecule has 7 heteroatoms. The van der Waals surface area contributed by atoms with Gasteiger partial charge in [-0.05, 0) is 36.4 Å². The average Bonchev–Trinajstić information content (AvgIpc) is 3.18. The van der Waals surface area contributed by atoms with E-state index in [2.05, 4.69) is 14.9 Å². The van der Waals surface area contributed by atoms with Crippen LogP contribution in [0.1, 0.15) is 15.4 Å². The van der Waals surface area contributed by atoms with E-state index in [-0.39, 0.29) is 11.7 Å². The molecule has 1 fully saturated rings. The highest BCUT2D eigenvalue weighted by molar-refractivity contribution is 7.09. The molecule has 1 aliphatic rings. The number of amides is 1. The van der Waals surface area contributed by atoms with Gasteiger partial charge in [-0.2, -0.15) is 0 Å². The van der Waals surface area contributed by atoms with Crippen LogP contribution in [0.5, 0.6) is 0 Å². The molecule has 1 amide bonds. The lowest BCUT2D eigenvalue weighted by Crippen LogP contribution is -2.48. The maximum Gasteiger partial charge on any atom is 0.254 e. The SMILES string of the molecule is O=C(c1ccncc1)N1CCN(Cc2nc(-c3ccc(F)cc3)cs2)CC1. The van der Waals surface area contributed by atoms with Gasteiger partial charge in [-0.15, -0.1) is 11.3 Å². The lowest BCUT2D eigenvalue weighted by atomic mass is 10.2. The van der Waals surface area contributed by atoms with Gasteiger partial charge in [0.25, 0.3) is 5.91 Å². The monoisotopic (exact) mass is 382 g/mol. The van der Waals surface area contributed by atoms with Crippen LogP contribution in [0.3, 0.4) is 0 Å². The van der Waals surface area contributed by atoms with Gasteiger partial charge in [0.1, 0.15) is 10.8 Å². The van der Waals surface area contributed by atoms with Crippen molar-refractivity contribution >= 4 is 17.2 Å². The van der Waals surface area contributed by atoms with E-state index in [0.29, 0.717) is 18.7 Å². The van der Waals surface area contributed by atoms with Gasteiger partial charge in [0.05, 0.1) is 12.2 Å². The number of nitrogens with zero attached hydrogens (tertiary/aromatic N) is 4. The predicted molar refractivity (Wildman–Crippen MR) is 103 cm³/mol. The second-order valence-corrected chi connectivity index (χ2v) is 7.38. The number of benzene rings is 1. The normalized spacial score (nSPS) is 15.1. The van der Waals surface area contributed by atoms with Gasteiger partial charge < -0.3 is 4.90 Å².